The molecule has 3 N–H and O–H groups in total. The molecule has 14 heteroatoms. The second kappa shape index (κ2) is 10.6. The predicted octanol–water partition coefficient (Wildman–Crippen LogP) is 5.51. The summed E-state index contributed by atoms with van der Waals surface area (Å²) in [6.45, 7) is 5.88. The molecule has 2 aliphatic rings. The number of pyridine rings is 1. The Morgan fingerprint density at radius 1 is 1.19 bits per heavy atom. The quantitative estimate of drug-likeness (QED) is 0.282. The second-order valence-electron chi connectivity index (χ2n) is 10.8. The Bertz CT molecular complexity index is 1800. The van der Waals surface area contributed by atoms with Gasteiger partial charge in [-0.05, 0) is 44.7 Å². The molecule has 1 aromatic carbocycles. The van der Waals surface area contributed by atoms with Crippen molar-refractivity contribution < 1.29 is 22.8 Å². The number of carbonyl (C=O) groups is 2. The van der Waals surface area contributed by atoms with E-state index in [1.807, 2.05) is 13.8 Å². The SMILES string of the molecule is Cc1ncc(-c2c(C(F)F)ccc(Cl)c2F)nc1C(=O)Nc1cnn([C@H](C)c2ncc(N3C[C@H]4C[C@H]4C3=O)c(C)c2N)c1. The van der Waals surface area contributed by atoms with Gasteiger partial charge in [0.15, 0.2) is 5.82 Å². The fraction of sp³-hybridized carbons (Fsp3) is 0.310. The Labute approximate surface area is 249 Å². The lowest BCUT2D eigenvalue weighted by atomic mass is 10.0. The Morgan fingerprint density at radius 3 is 2.65 bits per heavy atom. The number of hydrogen-bond acceptors (Lipinski definition) is 7. The van der Waals surface area contributed by atoms with Crippen molar-refractivity contribution >= 4 is 40.5 Å². The molecule has 0 unspecified atom stereocenters. The number of aromatic nitrogens is 5. The van der Waals surface area contributed by atoms with Gasteiger partial charge in [-0.1, -0.05) is 17.7 Å². The van der Waals surface area contributed by atoms with Gasteiger partial charge < -0.3 is 16.0 Å². The summed E-state index contributed by atoms with van der Waals surface area (Å²) in [6, 6.07) is 1.61. The number of nitrogen functional groups attached to an aromatic ring is 1. The number of nitrogens with zero attached hydrogens (tertiary/aromatic N) is 6. The van der Waals surface area contributed by atoms with E-state index in [-0.39, 0.29) is 33.9 Å². The number of nitrogens with two attached hydrogens (primary N) is 1. The number of carbonyl (C=O) groups excluding carboxylic acids is 2. The maximum absolute atomic E-state index is 14.8. The smallest absolute Gasteiger partial charge is 0.276 e. The average Bonchev–Trinajstić information content (AvgIpc) is 3.47. The van der Waals surface area contributed by atoms with Crippen LogP contribution in [0.25, 0.3) is 11.3 Å². The standard InChI is InChI=1S/C29H26ClF3N8O2/c1-12-21(40-10-15-6-18(15)29(40)43)9-36-26(24(12)34)14(3)41-11-16(7-37-41)38-28(42)25-13(2)35-8-20(39-25)22-17(27(32)33)4-5-19(30)23(22)31/h4-5,7-9,11,14-15,18,27H,6,10,34H2,1-3H3,(H,38,42)/t14-,15-,18-/m1/s1. The van der Waals surface area contributed by atoms with E-state index in [0.29, 0.717) is 35.2 Å². The van der Waals surface area contributed by atoms with Gasteiger partial charge in [-0.25, -0.2) is 18.2 Å². The zero-order valence-corrected chi connectivity index (χ0v) is 24.0. The number of nitrogens with one attached hydrogen (secondary N) is 1. The molecule has 6 rings (SSSR count). The van der Waals surface area contributed by atoms with Crippen molar-refractivity contribution in [3.8, 4) is 11.3 Å². The zero-order valence-electron chi connectivity index (χ0n) is 23.3. The third-order valence-electron chi connectivity index (χ3n) is 8.04. The van der Waals surface area contributed by atoms with Crippen molar-refractivity contribution in [1.82, 2.24) is 24.7 Å². The Kier molecular flexibility index (Phi) is 7.07. The molecule has 1 aliphatic heterocycles. The monoisotopic (exact) mass is 610 g/mol. The summed E-state index contributed by atoms with van der Waals surface area (Å²) in [6.07, 6.45) is 3.69. The second-order valence-corrected chi connectivity index (χ2v) is 11.2. The van der Waals surface area contributed by atoms with Gasteiger partial charge >= 0.3 is 0 Å². The Balaban J connectivity index is 1.22. The summed E-state index contributed by atoms with van der Waals surface area (Å²) in [7, 11) is 0. The van der Waals surface area contributed by atoms with Crippen LogP contribution in [0.5, 0.6) is 0 Å². The lowest BCUT2D eigenvalue weighted by molar-refractivity contribution is -0.118. The van der Waals surface area contributed by atoms with Gasteiger partial charge in [0.25, 0.3) is 12.3 Å². The molecule has 1 aliphatic carbocycles. The zero-order chi connectivity index (χ0) is 30.7. The highest BCUT2D eigenvalue weighted by molar-refractivity contribution is 6.31. The number of hydrogen-bond donors (Lipinski definition) is 2. The van der Waals surface area contributed by atoms with Crippen LogP contribution < -0.4 is 16.0 Å². The molecular weight excluding hydrogens is 585 g/mol. The molecule has 2 amide bonds. The van der Waals surface area contributed by atoms with E-state index in [1.165, 1.54) is 13.1 Å². The van der Waals surface area contributed by atoms with Crippen molar-refractivity contribution in [3.05, 3.63) is 76.0 Å². The predicted molar refractivity (Wildman–Crippen MR) is 153 cm³/mol. The highest BCUT2D eigenvalue weighted by Crippen LogP contribution is 2.48. The molecule has 3 atom stereocenters. The number of benzene rings is 1. The molecule has 4 heterocycles. The van der Waals surface area contributed by atoms with Crippen molar-refractivity contribution in [2.45, 2.75) is 39.7 Å². The first-order chi connectivity index (χ1) is 20.5. The van der Waals surface area contributed by atoms with Crippen LogP contribution in [0.1, 0.15) is 58.8 Å². The van der Waals surface area contributed by atoms with Crippen LogP contribution in [0, 0.1) is 31.5 Å². The van der Waals surface area contributed by atoms with Crippen LogP contribution in [-0.4, -0.2) is 43.1 Å². The minimum atomic E-state index is -3.01. The number of halogens is 4. The normalized spacial score (nSPS) is 18.2. The molecule has 10 nitrogen and oxygen atoms in total. The molecule has 0 spiro atoms. The summed E-state index contributed by atoms with van der Waals surface area (Å²) < 4.78 is 43.7. The van der Waals surface area contributed by atoms with Crippen molar-refractivity contribution in [2.24, 2.45) is 11.8 Å². The third-order valence-corrected chi connectivity index (χ3v) is 8.34. The maximum atomic E-state index is 14.8. The first-order valence-electron chi connectivity index (χ1n) is 13.5. The molecule has 1 saturated heterocycles. The summed E-state index contributed by atoms with van der Waals surface area (Å²) in [4.78, 5) is 40.3. The number of rotatable bonds is 7. The highest BCUT2D eigenvalue weighted by atomic mass is 35.5. The van der Waals surface area contributed by atoms with Gasteiger partial charge in [-0.2, -0.15) is 5.10 Å². The van der Waals surface area contributed by atoms with Crippen LogP contribution in [0.2, 0.25) is 5.02 Å². The Hall–Kier alpha value is -4.52. The van der Waals surface area contributed by atoms with Gasteiger partial charge in [-0.15, -0.1) is 0 Å². The van der Waals surface area contributed by atoms with Gasteiger partial charge in [0, 0.05) is 29.8 Å². The van der Waals surface area contributed by atoms with Crippen molar-refractivity contribution in [3.63, 3.8) is 0 Å². The number of anilines is 3. The van der Waals surface area contributed by atoms with Gasteiger partial charge in [-0.3, -0.25) is 24.2 Å². The molecule has 43 heavy (non-hydrogen) atoms. The minimum Gasteiger partial charge on any atom is -0.397 e. The summed E-state index contributed by atoms with van der Waals surface area (Å²) in [5.41, 5.74) is 7.82. The number of piperidine rings is 1. The minimum absolute atomic E-state index is 0.111. The number of amides is 2. The van der Waals surface area contributed by atoms with E-state index in [9.17, 15) is 22.8 Å². The van der Waals surface area contributed by atoms with Crippen molar-refractivity contribution in [2.75, 3.05) is 22.5 Å². The van der Waals surface area contributed by atoms with E-state index in [4.69, 9.17) is 17.3 Å². The number of fused-ring (bicyclic) bond motifs is 1. The average molecular weight is 611 g/mol. The lowest BCUT2D eigenvalue weighted by Gasteiger charge is -2.23. The van der Waals surface area contributed by atoms with Crippen LogP contribution in [0.15, 0.2) is 36.9 Å². The van der Waals surface area contributed by atoms with Gasteiger partial charge in [0.05, 0.1) is 63.8 Å². The van der Waals surface area contributed by atoms with E-state index < -0.39 is 35.3 Å². The first-order valence-corrected chi connectivity index (χ1v) is 13.9. The molecule has 222 valence electrons. The van der Waals surface area contributed by atoms with E-state index >= 15 is 0 Å². The highest BCUT2D eigenvalue weighted by Gasteiger charge is 2.52. The number of alkyl halides is 2. The van der Waals surface area contributed by atoms with Crippen LogP contribution >= 0.6 is 11.6 Å². The van der Waals surface area contributed by atoms with Gasteiger partial charge in [0.2, 0.25) is 5.91 Å². The molecule has 4 aromatic rings. The van der Waals surface area contributed by atoms with E-state index in [0.717, 1.165) is 30.3 Å². The molecule has 1 saturated carbocycles. The summed E-state index contributed by atoms with van der Waals surface area (Å²) in [5.74, 6) is -1.15. The molecule has 0 bridgehead atoms. The van der Waals surface area contributed by atoms with E-state index in [2.05, 4.69) is 25.4 Å². The van der Waals surface area contributed by atoms with Crippen LogP contribution in [0.3, 0.4) is 0 Å². The fourth-order valence-electron chi connectivity index (χ4n) is 5.45. The number of aryl methyl sites for hydroxylation is 1. The Morgan fingerprint density at radius 2 is 1.95 bits per heavy atom. The van der Waals surface area contributed by atoms with Crippen molar-refractivity contribution in [1.29, 1.82) is 0 Å². The summed E-state index contributed by atoms with van der Waals surface area (Å²) >= 11 is 5.84. The molecule has 2 fully saturated rings. The summed E-state index contributed by atoms with van der Waals surface area (Å²) in [5, 5.41) is 6.63. The first kappa shape index (κ1) is 28.6. The molecular formula is C29H26ClF3N8O2. The molecule has 0 radical (unpaired) electrons. The fourth-order valence-corrected chi connectivity index (χ4v) is 5.61. The molecule has 3 aromatic heterocycles. The third kappa shape index (κ3) is 4.97. The van der Waals surface area contributed by atoms with Gasteiger partial charge in [0.1, 0.15) is 5.69 Å². The van der Waals surface area contributed by atoms with Crippen LogP contribution in [-0.2, 0) is 4.79 Å². The van der Waals surface area contributed by atoms with E-state index in [1.54, 1.807) is 22.0 Å². The lowest BCUT2D eigenvalue weighted by Crippen LogP contribution is -2.29. The topological polar surface area (TPSA) is 132 Å². The largest absolute Gasteiger partial charge is 0.397 e. The maximum Gasteiger partial charge on any atom is 0.276 e. The van der Waals surface area contributed by atoms with Crippen LogP contribution in [0.4, 0.5) is 30.2 Å².